The minimum atomic E-state index is -0.822. The maximum atomic E-state index is 9.06. The van der Waals surface area contributed by atoms with Crippen molar-refractivity contribution >= 4 is 30.0 Å². The zero-order valence-corrected chi connectivity index (χ0v) is 9.10. The first-order valence-electron chi connectivity index (χ1n) is 3.60. The largest absolute Gasteiger partial charge is 0.321 e. The van der Waals surface area contributed by atoms with Crippen LogP contribution in [0.25, 0.3) is 0 Å². The van der Waals surface area contributed by atoms with Crippen molar-refractivity contribution in [3.8, 4) is 0 Å². The predicted octanol–water partition coefficient (Wildman–Crippen LogP) is 3.54. The molecule has 0 aromatic heterocycles. The van der Waals surface area contributed by atoms with Crippen molar-refractivity contribution in [2.45, 2.75) is 18.1 Å². The van der Waals surface area contributed by atoms with Crippen LogP contribution in [-0.4, -0.2) is 21.8 Å². The predicted molar refractivity (Wildman–Crippen MR) is 59.4 cm³/mol. The third-order valence-electron chi connectivity index (χ3n) is 1.75. The normalized spacial score (nSPS) is 44.4. The van der Waals surface area contributed by atoms with Gasteiger partial charge in [0.1, 0.15) is 0 Å². The molecule has 0 radical (unpaired) electrons. The van der Waals surface area contributed by atoms with Gasteiger partial charge in [-0.3, -0.25) is 0 Å². The molecule has 0 bridgehead atoms. The fourth-order valence-corrected chi connectivity index (χ4v) is 7.52. The third-order valence-corrected chi connectivity index (χ3v) is 9.34. The van der Waals surface area contributed by atoms with Crippen molar-refractivity contribution in [3.05, 3.63) is 12.7 Å². The Kier molecular flexibility index (Phi) is 3.68. The average molecular weight is 210 g/mol. The summed E-state index contributed by atoms with van der Waals surface area (Å²) in [5, 5.41) is 0.573. The summed E-state index contributed by atoms with van der Waals surface area (Å²) in [5.74, 6) is 1.18. The topological polar surface area (TPSA) is 20.2 Å². The number of hydrogen-bond donors (Lipinski definition) is 1. The van der Waals surface area contributed by atoms with Gasteiger partial charge in [-0.15, -0.1) is 14.7 Å². The smallest absolute Gasteiger partial charge is 0.0488 e. The SMILES string of the molecule is C=CC1CCCS(C)(SO)S1. The highest BCUT2D eigenvalue weighted by Gasteiger charge is 2.27. The Morgan fingerprint density at radius 2 is 2.55 bits per heavy atom. The summed E-state index contributed by atoms with van der Waals surface area (Å²) in [4.78, 5) is 0. The molecule has 0 spiro atoms. The lowest BCUT2D eigenvalue weighted by atomic mass is 10.2. The highest BCUT2D eigenvalue weighted by Crippen LogP contribution is 2.70. The molecule has 1 N–H and O–H groups in total. The van der Waals surface area contributed by atoms with E-state index in [1.54, 1.807) is 0 Å². The van der Waals surface area contributed by atoms with Crippen LogP contribution in [0.3, 0.4) is 0 Å². The second kappa shape index (κ2) is 4.12. The van der Waals surface area contributed by atoms with Gasteiger partial charge in [-0.25, -0.2) is 0 Å². The molecule has 0 amide bonds. The van der Waals surface area contributed by atoms with E-state index in [1.807, 2.05) is 16.9 Å². The number of hydrogen-bond acceptors (Lipinski definition) is 3. The van der Waals surface area contributed by atoms with Gasteiger partial charge in [0.15, 0.2) is 0 Å². The second-order valence-corrected chi connectivity index (χ2v) is 12.0. The van der Waals surface area contributed by atoms with Crippen LogP contribution in [0.15, 0.2) is 12.7 Å². The van der Waals surface area contributed by atoms with Gasteiger partial charge in [0.25, 0.3) is 0 Å². The van der Waals surface area contributed by atoms with Crippen molar-refractivity contribution < 1.29 is 4.55 Å². The van der Waals surface area contributed by atoms with E-state index in [4.69, 9.17) is 4.55 Å². The Morgan fingerprint density at radius 3 is 3.09 bits per heavy atom. The highest BCUT2D eigenvalue weighted by atomic mass is 33.6. The minimum absolute atomic E-state index is 0.573. The molecule has 1 aliphatic rings. The summed E-state index contributed by atoms with van der Waals surface area (Å²) in [6.45, 7) is 3.79. The fraction of sp³-hybridized carbons (Fsp3) is 0.714. The average Bonchev–Trinajstić information content (AvgIpc) is 2.05. The molecule has 2 unspecified atom stereocenters. The summed E-state index contributed by atoms with van der Waals surface area (Å²) >= 11 is 1.07. The van der Waals surface area contributed by atoms with Gasteiger partial charge in [-0.2, -0.15) is 0 Å². The van der Waals surface area contributed by atoms with E-state index in [1.165, 1.54) is 18.6 Å². The van der Waals surface area contributed by atoms with E-state index < -0.39 is 8.09 Å². The van der Waals surface area contributed by atoms with Crippen molar-refractivity contribution in [1.29, 1.82) is 0 Å². The summed E-state index contributed by atoms with van der Waals surface area (Å²) in [6.07, 6.45) is 6.66. The Morgan fingerprint density at radius 1 is 1.82 bits per heavy atom. The fourth-order valence-electron chi connectivity index (χ4n) is 1.12. The van der Waals surface area contributed by atoms with Crippen LogP contribution in [-0.2, 0) is 0 Å². The van der Waals surface area contributed by atoms with Crippen molar-refractivity contribution in [2.24, 2.45) is 0 Å². The summed E-state index contributed by atoms with van der Waals surface area (Å²) < 4.78 is 9.06. The van der Waals surface area contributed by atoms with Crippen LogP contribution in [0, 0.1) is 0 Å². The zero-order chi connectivity index (χ0) is 8.32. The van der Waals surface area contributed by atoms with Crippen molar-refractivity contribution in [3.63, 3.8) is 0 Å². The highest BCUT2D eigenvalue weighted by molar-refractivity contribution is 9.24. The van der Waals surface area contributed by atoms with Crippen LogP contribution in [0.1, 0.15) is 12.8 Å². The quantitative estimate of drug-likeness (QED) is 0.428. The summed E-state index contributed by atoms with van der Waals surface area (Å²) in [5.41, 5.74) is 0. The van der Waals surface area contributed by atoms with Crippen molar-refractivity contribution in [2.75, 3.05) is 12.0 Å². The van der Waals surface area contributed by atoms with E-state index in [0.29, 0.717) is 5.25 Å². The molecule has 4 heteroatoms. The molecule has 1 fully saturated rings. The number of rotatable bonds is 2. The van der Waals surface area contributed by atoms with E-state index in [0.717, 1.165) is 11.1 Å². The lowest BCUT2D eigenvalue weighted by molar-refractivity contribution is 0.675. The van der Waals surface area contributed by atoms with Crippen LogP contribution in [0.4, 0.5) is 0 Å². The molecule has 0 aromatic carbocycles. The molecule has 2 atom stereocenters. The molecule has 1 aliphatic heterocycles. The maximum absolute atomic E-state index is 9.06. The van der Waals surface area contributed by atoms with Crippen LogP contribution < -0.4 is 0 Å². The van der Waals surface area contributed by atoms with Crippen LogP contribution in [0.2, 0.25) is 0 Å². The van der Waals surface area contributed by atoms with Crippen LogP contribution in [0.5, 0.6) is 0 Å². The molecule has 0 saturated carbocycles. The van der Waals surface area contributed by atoms with E-state index in [-0.39, 0.29) is 0 Å². The summed E-state index contributed by atoms with van der Waals surface area (Å²) in [7, 11) is 1.09. The van der Waals surface area contributed by atoms with E-state index in [2.05, 4.69) is 12.8 Å². The van der Waals surface area contributed by atoms with Crippen molar-refractivity contribution in [1.82, 2.24) is 0 Å². The monoisotopic (exact) mass is 210 g/mol. The van der Waals surface area contributed by atoms with Gasteiger partial charge in [0, 0.05) is 16.3 Å². The third kappa shape index (κ3) is 2.61. The maximum Gasteiger partial charge on any atom is 0.0488 e. The van der Waals surface area contributed by atoms with Gasteiger partial charge in [-0.1, -0.05) is 16.9 Å². The Balaban J connectivity index is 2.51. The van der Waals surface area contributed by atoms with Gasteiger partial charge in [0.05, 0.1) is 0 Å². The lowest BCUT2D eigenvalue weighted by Gasteiger charge is -2.37. The van der Waals surface area contributed by atoms with Crippen LogP contribution >= 0.6 is 30.0 Å². The Hall–Kier alpha value is 0.750. The summed E-state index contributed by atoms with van der Waals surface area (Å²) in [6, 6.07) is 0. The first-order chi connectivity index (χ1) is 5.20. The lowest BCUT2D eigenvalue weighted by Crippen LogP contribution is -2.10. The molecular formula is C7H14OS3. The van der Waals surface area contributed by atoms with E-state index in [9.17, 15) is 0 Å². The molecule has 1 rings (SSSR count). The Labute approximate surface area is 77.3 Å². The molecule has 66 valence electrons. The van der Waals surface area contributed by atoms with E-state index >= 15 is 0 Å². The molecule has 1 heterocycles. The molecule has 0 aliphatic carbocycles. The first kappa shape index (κ1) is 9.84. The minimum Gasteiger partial charge on any atom is -0.321 e. The van der Waals surface area contributed by atoms with Gasteiger partial charge in [-0.05, 0) is 24.9 Å². The van der Waals surface area contributed by atoms with Gasteiger partial charge in [0.2, 0.25) is 0 Å². The standard InChI is InChI=1S/C7H14OS3/c1-3-7-5-4-6-11(2,9-7)10-8/h3,7-8H,1,4-6H2,2H3. The zero-order valence-electron chi connectivity index (χ0n) is 6.66. The molecular weight excluding hydrogens is 196 g/mol. The second-order valence-electron chi connectivity index (χ2n) is 2.72. The molecule has 11 heavy (non-hydrogen) atoms. The molecule has 0 aromatic rings. The first-order valence-corrected chi connectivity index (χ1v) is 8.50. The van der Waals surface area contributed by atoms with Gasteiger partial charge < -0.3 is 4.55 Å². The molecule has 1 saturated heterocycles. The molecule has 1 nitrogen and oxygen atoms in total. The Bertz CT molecular complexity index is 151. The van der Waals surface area contributed by atoms with Gasteiger partial charge >= 0.3 is 0 Å².